The highest BCUT2D eigenvalue weighted by molar-refractivity contribution is 9.10. The molecule has 0 aliphatic rings. The van der Waals surface area contributed by atoms with Gasteiger partial charge in [-0.15, -0.1) is 0 Å². The molecule has 0 saturated carbocycles. The van der Waals surface area contributed by atoms with E-state index in [-0.39, 0.29) is 23.5 Å². The fourth-order valence-corrected chi connectivity index (χ4v) is 4.32. The van der Waals surface area contributed by atoms with Gasteiger partial charge >= 0.3 is 5.97 Å². The first-order valence-electron chi connectivity index (χ1n) is 12.9. The van der Waals surface area contributed by atoms with Crippen LogP contribution >= 0.6 is 15.9 Å². The number of hydrogen-bond acceptors (Lipinski definition) is 6. The van der Waals surface area contributed by atoms with Crippen molar-refractivity contribution >= 4 is 27.8 Å². The second-order valence-corrected chi connectivity index (χ2v) is 12.7. The molecule has 0 fully saturated rings. The molecule has 1 aromatic rings. The highest BCUT2D eigenvalue weighted by atomic mass is 79.9. The minimum absolute atomic E-state index is 0.0124. The van der Waals surface area contributed by atoms with Crippen LogP contribution in [-0.2, 0) is 20.7 Å². The molecule has 7 nitrogen and oxygen atoms in total. The lowest BCUT2D eigenvalue weighted by molar-refractivity contribution is -0.166. The molecule has 0 aliphatic carbocycles. The Morgan fingerprint density at radius 1 is 1.17 bits per heavy atom. The number of aromatic hydroxyl groups is 1. The summed E-state index contributed by atoms with van der Waals surface area (Å²) in [5.41, 5.74) is 5.80. The van der Waals surface area contributed by atoms with E-state index in [1.165, 1.54) is 0 Å². The highest BCUT2D eigenvalue weighted by Gasteiger charge is 2.39. The number of nitrogens with one attached hydrogen (secondary N) is 1. The maximum absolute atomic E-state index is 13.2. The van der Waals surface area contributed by atoms with Crippen LogP contribution < -0.4 is 11.1 Å². The Labute approximate surface area is 225 Å². The Morgan fingerprint density at radius 3 is 2.28 bits per heavy atom. The van der Waals surface area contributed by atoms with Crippen LogP contribution in [0.25, 0.3) is 0 Å². The van der Waals surface area contributed by atoms with Crippen LogP contribution in [0.3, 0.4) is 0 Å². The molecule has 206 valence electrons. The zero-order chi connectivity index (χ0) is 27.8. The van der Waals surface area contributed by atoms with Crippen LogP contribution in [0.2, 0.25) is 0 Å². The fraction of sp³-hybridized carbons (Fsp3) is 0.714. The summed E-state index contributed by atoms with van der Waals surface area (Å²) in [5.74, 6) is -1.43. The molecule has 4 atom stereocenters. The van der Waals surface area contributed by atoms with Crippen molar-refractivity contribution in [3.05, 3.63) is 28.2 Å². The lowest BCUT2D eigenvalue weighted by Crippen LogP contribution is -2.57. The molecule has 0 heterocycles. The van der Waals surface area contributed by atoms with Crippen molar-refractivity contribution in [3.63, 3.8) is 0 Å². The SMILES string of the molecule is CCCCC(C)(C)C(=O)NC(N)[C@@H](O)[C@H](C[C@@H](Cc1ccc(Br)c(O)c1)C(C)C)C(=O)OC(C)(C)C. The normalized spacial score (nSPS) is 15.8. The quantitative estimate of drug-likeness (QED) is 0.188. The number of amides is 1. The summed E-state index contributed by atoms with van der Waals surface area (Å²) in [4.78, 5) is 26.1. The van der Waals surface area contributed by atoms with Gasteiger partial charge < -0.3 is 26.0 Å². The van der Waals surface area contributed by atoms with Crippen molar-refractivity contribution in [2.75, 3.05) is 0 Å². The van der Waals surface area contributed by atoms with Crippen LogP contribution in [0.5, 0.6) is 5.75 Å². The number of phenols is 1. The number of hydrogen-bond donors (Lipinski definition) is 4. The summed E-state index contributed by atoms with van der Waals surface area (Å²) in [6, 6.07) is 5.40. The molecule has 0 aromatic heterocycles. The van der Waals surface area contributed by atoms with Crippen molar-refractivity contribution < 1.29 is 24.5 Å². The smallest absolute Gasteiger partial charge is 0.312 e. The number of esters is 1. The molecule has 1 aromatic carbocycles. The second kappa shape index (κ2) is 13.8. The summed E-state index contributed by atoms with van der Waals surface area (Å²) in [6.07, 6.45) is 1.03. The average Bonchev–Trinajstić information content (AvgIpc) is 2.75. The van der Waals surface area contributed by atoms with E-state index < -0.39 is 35.2 Å². The number of halogens is 1. The Balaban J connectivity index is 3.16. The van der Waals surface area contributed by atoms with Gasteiger partial charge in [-0.3, -0.25) is 9.59 Å². The third-order valence-corrected chi connectivity index (χ3v) is 7.24. The largest absolute Gasteiger partial charge is 0.507 e. The first-order chi connectivity index (χ1) is 16.5. The molecule has 1 amide bonds. The summed E-state index contributed by atoms with van der Waals surface area (Å²) >= 11 is 3.30. The number of rotatable bonds is 13. The number of phenolic OH excluding ortho intramolecular Hbond substituents is 1. The first-order valence-corrected chi connectivity index (χ1v) is 13.7. The topological polar surface area (TPSA) is 122 Å². The van der Waals surface area contributed by atoms with Crippen molar-refractivity contribution in [1.29, 1.82) is 0 Å². The second-order valence-electron chi connectivity index (χ2n) is 11.8. The summed E-state index contributed by atoms with van der Waals surface area (Å²) in [6.45, 7) is 15.2. The molecule has 0 aliphatic heterocycles. The molecule has 1 unspecified atom stereocenters. The van der Waals surface area contributed by atoms with Crippen LogP contribution in [0.4, 0.5) is 0 Å². The summed E-state index contributed by atoms with van der Waals surface area (Å²) < 4.78 is 6.26. The maximum Gasteiger partial charge on any atom is 0.312 e. The van der Waals surface area contributed by atoms with E-state index in [9.17, 15) is 19.8 Å². The van der Waals surface area contributed by atoms with E-state index in [1.54, 1.807) is 32.9 Å². The van der Waals surface area contributed by atoms with E-state index in [1.807, 2.05) is 19.9 Å². The predicted octanol–water partition coefficient (Wildman–Crippen LogP) is 5.30. The van der Waals surface area contributed by atoms with Crippen LogP contribution in [0.15, 0.2) is 22.7 Å². The van der Waals surface area contributed by atoms with Crippen molar-refractivity contribution in [2.24, 2.45) is 28.9 Å². The first kappa shape index (κ1) is 32.4. The summed E-state index contributed by atoms with van der Waals surface area (Å²) in [5, 5.41) is 24.1. The third kappa shape index (κ3) is 10.4. The Kier molecular flexibility index (Phi) is 12.4. The van der Waals surface area contributed by atoms with Gasteiger partial charge in [-0.2, -0.15) is 0 Å². The highest BCUT2D eigenvalue weighted by Crippen LogP contribution is 2.32. The van der Waals surface area contributed by atoms with Gasteiger partial charge in [-0.1, -0.05) is 53.5 Å². The molecule has 1 rings (SSSR count). The van der Waals surface area contributed by atoms with E-state index in [0.29, 0.717) is 23.7 Å². The van der Waals surface area contributed by atoms with E-state index in [0.717, 1.165) is 18.4 Å². The Morgan fingerprint density at radius 2 is 1.78 bits per heavy atom. The number of unbranched alkanes of at least 4 members (excludes halogenated alkanes) is 1. The molecule has 0 radical (unpaired) electrons. The van der Waals surface area contributed by atoms with Crippen molar-refractivity contribution in [2.45, 2.75) is 105 Å². The van der Waals surface area contributed by atoms with E-state index in [4.69, 9.17) is 10.5 Å². The minimum Gasteiger partial charge on any atom is -0.507 e. The zero-order valence-electron chi connectivity index (χ0n) is 23.2. The van der Waals surface area contributed by atoms with E-state index in [2.05, 4.69) is 42.0 Å². The molecular weight excluding hydrogens is 524 g/mol. The number of ether oxygens (including phenoxy) is 1. The Bertz CT molecular complexity index is 866. The number of aliphatic hydroxyl groups excluding tert-OH is 1. The number of benzene rings is 1. The minimum atomic E-state index is -1.33. The molecule has 0 saturated heterocycles. The van der Waals surface area contributed by atoms with Crippen molar-refractivity contribution in [3.8, 4) is 5.75 Å². The average molecular weight is 572 g/mol. The van der Waals surface area contributed by atoms with Gasteiger partial charge in [-0.25, -0.2) is 0 Å². The Hall–Kier alpha value is -1.64. The van der Waals surface area contributed by atoms with Gasteiger partial charge in [0.2, 0.25) is 5.91 Å². The van der Waals surface area contributed by atoms with Gasteiger partial charge in [-0.05, 0) is 85.5 Å². The third-order valence-electron chi connectivity index (χ3n) is 6.57. The number of aliphatic hydroxyl groups is 1. The van der Waals surface area contributed by atoms with Gasteiger partial charge in [0.15, 0.2) is 0 Å². The van der Waals surface area contributed by atoms with Gasteiger partial charge in [0, 0.05) is 5.41 Å². The fourth-order valence-electron chi connectivity index (χ4n) is 4.07. The van der Waals surface area contributed by atoms with Gasteiger partial charge in [0.1, 0.15) is 23.6 Å². The number of nitrogens with two attached hydrogens (primary N) is 1. The predicted molar refractivity (Wildman–Crippen MR) is 147 cm³/mol. The van der Waals surface area contributed by atoms with E-state index >= 15 is 0 Å². The maximum atomic E-state index is 13.2. The standard InChI is InChI=1S/C28H47BrN2O5/c1-9-10-13-28(7,8)26(35)31-24(30)23(33)20(25(34)36-27(4,5)6)16-19(17(2)3)14-18-11-12-21(29)22(32)15-18/h11-12,15,17,19-20,23-24,32-33H,9-10,13-14,16,30H2,1-8H3,(H,31,35)/t19-,20+,23+,24?/m1/s1. The molecule has 8 heteroatoms. The summed E-state index contributed by atoms with van der Waals surface area (Å²) in [7, 11) is 0. The van der Waals surface area contributed by atoms with Crippen molar-refractivity contribution in [1.82, 2.24) is 5.32 Å². The number of carbonyl (C=O) groups excluding carboxylic acids is 2. The van der Waals surface area contributed by atoms with Crippen LogP contribution in [0.1, 0.15) is 86.6 Å². The zero-order valence-corrected chi connectivity index (χ0v) is 24.8. The molecule has 0 spiro atoms. The van der Waals surface area contributed by atoms with Crippen LogP contribution in [0, 0.1) is 23.2 Å². The monoisotopic (exact) mass is 570 g/mol. The lowest BCUT2D eigenvalue weighted by Gasteiger charge is -2.34. The van der Waals surface area contributed by atoms with Gasteiger partial charge in [0.05, 0.1) is 10.4 Å². The number of carbonyl (C=O) groups is 2. The molecule has 5 N–H and O–H groups in total. The molecule has 0 bridgehead atoms. The van der Waals surface area contributed by atoms with Gasteiger partial charge in [0.25, 0.3) is 0 Å². The molecule has 36 heavy (non-hydrogen) atoms. The molecular formula is C28H47BrN2O5. The van der Waals surface area contributed by atoms with Crippen LogP contribution in [-0.4, -0.2) is 40.0 Å². The lowest BCUT2D eigenvalue weighted by atomic mass is 9.79.